The van der Waals surface area contributed by atoms with Crippen LogP contribution < -0.4 is 10.2 Å². The zero-order chi connectivity index (χ0) is 13.2. The summed E-state index contributed by atoms with van der Waals surface area (Å²) in [6.07, 6.45) is 0. The number of para-hydroxylation sites is 1. The summed E-state index contributed by atoms with van der Waals surface area (Å²) >= 11 is 0. The van der Waals surface area contributed by atoms with Crippen LogP contribution in [0.4, 0.5) is 5.69 Å². The minimum Gasteiger partial charge on any atom is -0.366 e. The van der Waals surface area contributed by atoms with Crippen molar-refractivity contribution in [3.63, 3.8) is 0 Å². The van der Waals surface area contributed by atoms with Crippen LogP contribution in [0.1, 0.15) is 26.3 Å². The van der Waals surface area contributed by atoms with Crippen LogP contribution in [-0.4, -0.2) is 25.7 Å². The fourth-order valence-electron chi connectivity index (χ4n) is 2.54. The van der Waals surface area contributed by atoms with Crippen LogP contribution in [0.2, 0.25) is 0 Å². The highest BCUT2D eigenvalue weighted by atomic mass is 15.2. The Morgan fingerprint density at radius 2 is 2.11 bits per heavy atom. The lowest BCUT2D eigenvalue weighted by molar-refractivity contribution is 0.369. The van der Waals surface area contributed by atoms with Crippen molar-refractivity contribution in [2.75, 3.05) is 24.5 Å². The molecule has 3 nitrogen and oxygen atoms in total. The van der Waals surface area contributed by atoms with Crippen molar-refractivity contribution in [2.45, 2.75) is 26.8 Å². The van der Waals surface area contributed by atoms with E-state index < -0.39 is 0 Å². The smallest absolute Gasteiger partial charge is 0.101 e. The largest absolute Gasteiger partial charge is 0.366 e. The Kier molecular flexibility index (Phi) is 3.58. The van der Waals surface area contributed by atoms with Crippen LogP contribution in [-0.2, 0) is 0 Å². The standard InChI is InChI=1S/C15H21N3/c1-12-9-17-10-15(2,3)11-18(12)14-7-5-4-6-13(14)8-16/h4-7,12,17H,9-11H2,1-3H3. The predicted octanol–water partition coefficient (Wildman–Crippen LogP) is 2.38. The maximum Gasteiger partial charge on any atom is 0.101 e. The summed E-state index contributed by atoms with van der Waals surface area (Å²) in [5.41, 5.74) is 2.04. The molecule has 1 aromatic rings. The average Bonchev–Trinajstić information content (AvgIpc) is 2.48. The predicted molar refractivity (Wildman–Crippen MR) is 74.6 cm³/mol. The van der Waals surface area contributed by atoms with E-state index >= 15 is 0 Å². The van der Waals surface area contributed by atoms with E-state index in [1.54, 1.807) is 0 Å². The highest BCUT2D eigenvalue weighted by Crippen LogP contribution is 2.28. The van der Waals surface area contributed by atoms with Crippen LogP contribution in [0.15, 0.2) is 24.3 Å². The third-order valence-electron chi connectivity index (χ3n) is 3.51. The molecule has 1 aliphatic heterocycles. The molecular weight excluding hydrogens is 222 g/mol. The van der Waals surface area contributed by atoms with Gasteiger partial charge in [-0.25, -0.2) is 0 Å². The Labute approximate surface area is 109 Å². The SMILES string of the molecule is CC1CNCC(C)(C)CN1c1ccccc1C#N. The highest BCUT2D eigenvalue weighted by Gasteiger charge is 2.29. The Balaban J connectivity index is 2.37. The van der Waals surface area contributed by atoms with Gasteiger partial charge in [0.25, 0.3) is 0 Å². The topological polar surface area (TPSA) is 39.1 Å². The number of nitrogens with zero attached hydrogens (tertiary/aromatic N) is 2. The fraction of sp³-hybridized carbons (Fsp3) is 0.533. The Hall–Kier alpha value is -1.53. The summed E-state index contributed by atoms with van der Waals surface area (Å²) in [5.74, 6) is 0. The van der Waals surface area contributed by atoms with E-state index in [9.17, 15) is 5.26 Å². The molecule has 0 aliphatic carbocycles. The average molecular weight is 243 g/mol. The molecule has 1 saturated heterocycles. The molecule has 1 atom stereocenters. The summed E-state index contributed by atoms with van der Waals surface area (Å²) in [5, 5.41) is 12.7. The number of benzene rings is 1. The minimum absolute atomic E-state index is 0.216. The molecule has 0 bridgehead atoms. The van der Waals surface area contributed by atoms with Crippen molar-refractivity contribution < 1.29 is 0 Å². The summed E-state index contributed by atoms with van der Waals surface area (Å²) in [6, 6.07) is 10.6. The molecule has 1 N–H and O–H groups in total. The molecule has 18 heavy (non-hydrogen) atoms. The molecule has 3 heteroatoms. The lowest BCUT2D eigenvalue weighted by Gasteiger charge is -2.34. The third kappa shape index (κ3) is 2.65. The molecular formula is C15H21N3. The zero-order valence-electron chi connectivity index (χ0n) is 11.4. The molecule has 1 unspecified atom stereocenters. The van der Waals surface area contributed by atoms with E-state index in [0.717, 1.165) is 30.9 Å². The van der Waals surface area contributed by atoms with Crippen molar-refractivity contribution in [1.29, 1.82) is 5.26 Å². The summed E-state index contributed by atoms with van der Waals surface area (Å²) in [7, 11) is 0. The van der Waals surface area contributed by atoms with Gasteiger partial charge in [0, 0.05) is 25.7 Å². The number of anilines is 1. The molecule has 1 fully saturated rings. The molecule has 96 valence electrons. The number of nitriles is 1. The van der Waals surface area contributed by atoms with Gasteiger partial charge in [0.15, 0.2) is 0 Å². The van der Waals surface area contributed by atoms with Gasteiger partial charge in [0.2, 0.25) is 0 Å². The van der Waals surface area contributed by atoms with Crippen molar-refractivity contribution in [2.24, 2.45) is 5.41 Å². The molecule has 1 aromatic carbocycles. The molecule has 1 heterocycles. The maximum absolute atomic E-state index is 9.24. The fourth-order valence-corrected chi connectivity index (χ4v) is 2.54. The van der Waals surface area contributed by atoms with Gasteiger partial charge in [-0.15, -0.1) is 0 Å². The number of hydrogen-bond donors (Lipinski definition) is 1. The first-order valence-corrected chi connectivity index (χ1v) is 6.50. The molecule has 0 saturated carbocycles. The van der Waals surface area contributed by atoms with Crippen molar-refractivity contribution in [1.82, 2.24) is 5.32 Å². The first-order chi connectivity index (χ1) is 8.53. The van der Waals surface area contributed by atoms with Gasteiger partial charge in [-0.1, -0.05) is 26.0 Å². The van der Waals surface area contributed by atoms with E-state index in [1.807, 2.05) is 18.2 Å². The van der Waals surface area contributed by atoms with Gasteiger partial charge < -0.3 is 10.2 Å². The quantitative estimate of drug-likeness (QED) is 0.823. The van der Waals surface area contributed by atoms with Gasteiger partial charge >= 0.3 is 0 Å². The third-order valence-corrected chi connectivity index (χ3v) is 3.51. The van der Waals surface area contributed by atoms with Gasteiger partial charge in [-0.3, -0.25) is 0 Å². The monoisotopic (exact) mass is 243 g/mol. The summed E-state index contributed by atoms with van der Waals surface area (Å²) in [4.78, 5) is 2.36. The van der Waals surface area contributed by atoms with Crippen LogP contribution in [0, 0.1) is 16.7 Å². The van der Waals surface area contributed by atoms with Gasteiger partial charge in [-0.05, 0) is 24.5 Å². The van der Waals surface area contributed by atoms with Gasteiger partial charge in [0.1, 0.15) is 6.07 Å². The summed E-state index contributed by atoms with van der Waals surface area (Å²) < 4.78 is 0. The lowest BCUT2D eigenvalue weighted by atomic mass is 9.92. The molecule has 1 aliphatic rings. The number of nitrogens with one attached hydrogen (secondary N) is 1. The summed E-state index contributed by atoms with van der Waals surface area (Å²) in [6.45, 7) is 9.69. The highest BCUT2D eigenvalue weighted by molar-refractivity contribution is 5.60. The van der Waals surface area contributed by atoms with E-state index in [2.05, 4.69) is 43.1 Å². The van der Waals surface area contributed by atoms with Crippen LogP contribution in [0.25, 0.3) is 0 Å². The van der Waals surface area contributed by atoms with E-state index in [-0.39, 0.29) is 5.41 Å². The van der Waals surface area contributed by atoms with Crippen LogP contribution >= 0.6 is 0 Å². The zero-order valence-corrected chi connectivity index (χ0v) is 11.4. The maximum atomic E-state index is 9.24. The van der Waals surface area contributed by atoms with Crippen molar-refractivity contribution in [3.05, 3.63) is 29.8 Å². The Morgan fingerprint density at radius 1 is 1.39 bits per heavy atom. The number of rotatable bonds is 1. The van der Waals surface area contributed by atoms with E-state index in [4.69, 9.17) is 0 Å². The molecule has 0 aromatic heterocycles. The lowest BCUT2D eigenvalue weighted by Crippen LogP contribution is -2.40. The first kappa shape index (κ1) is 12.9. The van der Waals surface area contributed by atoms with Crippen LogP contribution in [0.3, 0.4) is 0 Å². The molecule has 0 radical (unpaired) electrons. The van der Waals surface area contributed by atoms with Gasteiger partial charge in [0.05, 0.1) is 11.3 Å². The number of hydrogen-bond acceptors (Lipinski definition) is 3. The van der Waals surface area contributed by atoms with Gasteiger partial charge in [-0.2, -0.15) is 5.26 Å². The van der Waals surface area contributed by atoms with E-state index in [0.29, 0.717) is 6.04 Å². The Morgan fingerprint density at radius 3 is 2.83 bits per heavy atom. The Bertz CT molecular complexity index is 459. The van der Waals surface area contributed by atoms with Crippen molar-refractivity contribution >= 4 is 5.69 Å². The molecule has 0 amide bonds. The minimum atomic E-state index is 0.216. The first-order valence-electron chi connectivity index (χ1n) is 6.50. The second-order valence-corrected chi connectivity index (χ2v) is 5.90. The normalized spacial score (nSPS) is 23.2. The second-order valence-electron chi connectivity index (χ2n) is 5.90. The van der Waals surface area contributed by atoms with Crippen molar-refractivity contribution in [3.8, 4) is 6.07 Å². The second kappa shape index (κ2) is 4.99. The van der Waals surface area contributed by atoms with Crippen LogP contribution in [0.5, 0.6) is 0 Å². The molecule has 0 spiro atoms. The van der Waals surface area contributed by atoms with E-state index in [1.165, 1.54) is 0 Å². The molecule has 2 rings (SSSR count).